The van der Waals surface area contributed by atoms with Crippen molar-refractivity contribution in [3.8, 4) is 5.69 Å². The number of nitrogens with zero attached hydrogens (tertiary/aromatic N) is 1. The fourth-order valence-electron chi connectivity index (χ4n) is 2.00. The molecular weight excluding hydrogens is 420 g/mol. The molecule has 0 aliphatic heterocycles. The first-order chi connectivity index (χ1) is 12.3. The maximum atomic E-state index is 14.2. The molecule has 2 atom stereocenters. The number of halogens is 5. The number of hydrogen-bond donors (Lipinski definition) is 2. The number of benzene rings is 1. The van der Waals surface area contributed by atoms with Crippen LogP contribution in [0.4, 0.5) is 17.6 Å². The average Bonchev–Trinajstić information content (AvgIpc) is 2.53. The van der Waals surface area contributed by atoms with Crippen LogP contribution in [0.3, 0.4) is 0 Å². The second-order valence-electron chi connectivity index (χ2n) is 5.17. The van der Waals surface area contributed by atoms with Crippen molar-refractivity contribution >= 4 is 28.4 Å². The fourth-order valence-corrected chi connectivity index (χ4v) is 3.42. The van der Waals surface area contributed by atoms with E-state index in [1.165, 1.54) is 4.98 Å². The maximum absolute atomic E-state index is 14.2. The Balaban J connectivity index is 2.73. The predicted octanol–water partition coefficient (Wildman–Crippen LogP) is 1.92. The lowest BCUT2D eigenvalue weighted by Crippen LogP contribution is -2.36. The van der Waals surface area contributed by atoms with Crippen LogP contribution in [0.25, 0.3) is 5.69 Å². The molecule has 2 rings (SSSR count). The molecule has 2 unspecified atom stereocenters. The second-order valence-corrected chi connectivity index (χ2v) is 7.32. The van der Waals surface area contributed by atoms with E-state index >= 15 is 0 Å². The number of rotatable bonds is 4. The summed E-state index contributed by atoms with van der Waals surface area (Å²) in [6.45, 7) is 1.08. The molecule has 0 saturated heterocycles. The maximum Gasteiger partial charge on any atom is 0.431 e. The van der Waals surface area contributed by atoms with E-state index in [4.69, 9.17) is 16.7 Å². The van der Waals surface area contributed by atoms with Gasteiger partial charge >= 0.3 is 17.8 Å². The molecule has 13 heteroatoms. The zero-order chi connectivity index (χ0) is 20.7. The molecule has 1 aromatic heterocycles. The highest BCUT2D eigenvalue weighted by atomic mass is 35.5. The van der Waals surface area contributed by atoms with E-state index in [0.29, 0.717) is 12.1 Å². The molecule has 0 amide bonds. The van der Waals surface area contributed by atoms with E-state index in [9.17, 15) is 36.2 Å². The minimum absolute atomic E-state index is 0.0476. The lowest BCUT2D eigenvalue weighted by molar-refractivity contribution is -0.141. The van der Waals surface area contributed by atoms with Crippen LogP contribution >= 0.6 is 11.6 Å². The third-order valence-electron chi connectivity index (χ3n) is 3.37. The third-order valence-corrected chi connectivity index (χ3v) is 5.41. The number of carboxylic acids is 1. The van der Waals surface area contributed by atoms with Crippen molar-refractivity contribution in [1.29, 1.82) is 0 Å². The predicted molar refractivity (Wildman–Crippen MR) is 86.1 cm³/mol. The van der Waals surface area contributed by atoms with E-state index in [-0.39, 0.29) is 10.6 Å². The summed E-state index contributed by atoms with van der Waals surface area (Å²) in [4.78, 5) is 35.8. The quantitative estimate of drug-likeness (QED) is 0.723. The molecule has 0 radical (unpaired) electrons. The Morgan fingerprint density at radius 1 is 1.30 bits per heavy atom. The number of aliphatic carboxylic acids is 1. The summed E-state index contributed by atoms with van der Waals surface area (Å²) in [5.74, 6) is -2.73. The summed E-state index contributed by atoms with van der Waals surface area (Å²) in [5.41, 5.74) is -5.57. The van der Waals surface area contributed by atoms with Crippen LogP contribution in [-0.4, -0.2) is 30.1 Å². The van der Waals surface area contributed by atoms with Gasteiger partial charge in [-0.3, -0.25) is 13.8 Å². The van der Waals surface area contributed by atoms with E-state index in [1.807, 2.05) is 0 Å². The molecule has 146 valence electrons. The van der Waals surface area contributed by atoms with E-state index in [1.54, 1.807) is 0 Å². The Bertz CT molecular complexity index is 1030. The lowest BCUT2D eigenvalue weighted by Gasteiger charge is -2.13. The average molecular weight is 429 g/mol. The summed E-state index contributed by atoms with van der Waals surface area (Å²) >= 11 is 5.75. The van der Waals surface area contributed by atoms with Crippen LogP contribution in [0.5, 0.6) is 0 Å². The zero-order valence-corrected chi connectivity index (χ0v) is 14.7. The number of H-pyrrole nitrogens is 1. The smallest absolute Gasteiger partial charge is 0.431 e. The standard InChI is InChI=1S/C14H9ClF4N2O5S/c1-5(12(23)24)27(26)9-3-8(7(16)2-6(9)15)21-11(22)4-10(14(17,18)19)20-13(21)25/h2-5H,1H3,(H,20,25)(H,23,24). The molecule has 1 aromatic carbocycles. The monoisotopic (exact) mass is 428 g/mol. The molecule has 0 aliphatic rings. The van der Waals surface area contributed by atoms with Gasteiger partial charge in [-0.2, -0.15) is 13.2 Å². The molecule has 0 saturated carbocycles. The zero-order valence-electron chi connectivity index (χ0n) is 13.1. The van der Waals surface area contributed by atoms with Gasteiger partial charge in [0.25, 0.3) is 5.56 Å². The van der Waals surface area contributed by atoms with Crippen molar-refractivity contribution in [3.63, 3.8) is 0 Å². The first kappa shape index (κ1) is 20.8. The van der Waals surface area contributed by atoms with Crippen LogP contribution in [0.15, 0.2) is 32.7 Å². The van der Waals surface area contributed by atoms with Gasteiger partial charge in [0.2, 0.25) is 0 Å². The molecule has 27 heavy (non-hydrogen) atoms. The highest BCUT2D eigenvalue weighted by molar-refractivity contribution is 7.86. The molecule has 0 fully saturated rings. The Labute approximate surface area is 154 Å². The Kier molecular flexibility index (Phi) is 5.61. The molecule has 0 spiro atoms. The van der Waals surface area contributed by atoms with Gasteiger partial charge in [-0.1, -0.05) is 11.6 Å². The number of hydrogen-bond acceptors (Lipinski definition) is 4. The van der Waals surface area contributed by atoms with Crippen molar-refractivity contribution in [2.75, 3.05) is 0 Å². The third kappa shape index (κ3) is 4.11. The fraction of sp³-hybridized carbons (Fsp3) is 0.214. The Morgan fingerprint density at radius 2 is 1.89 bits per heavy atom. The summed E-state index contributed by atoms with van der Waals surface area (Å²) in [7, 11) is -2.30. The largest absolute Gasteiger partial charge is 0.480 e. The highest BCUT2D eigenvalue weighted by Gasteiger charge is 2.33. The molecular formula is C14H9ClF4N2O5S. The number of nitrogens with one attached hydrogen (secondary N) is 1. The number of aromatic amines is 1. The minimum Gasteiger partial charge on any atom is -0.480 e. The van der Waals surface area contributed by atoms with E-state index < -0.39 is 66.6 Å². The van der Waals surface area contributed by atoms with Crippen molar-refractivity contribution in [1.82, 2.24) is 9.55 Å². The van der Waals surface area contributed by atoms with Gasteiger partial charge in [0.05, 0.1) is 26.4 Å². The van der Waals surface area contributed by atoms with Crippen LogP contribution in [0.1, 0.15) is 12.6 Å². The van der Waals surface area contributed by atoms with Gasteiger partial charge in [-0.05, 0) is 19.1 Å². The minimum atomic E-state index is -5.01. The number of carboxylic acid groups (broad SMARTS) is 1. The Hall–Kier alpha value is -2.47. The van der Waals surface area contributed by atoms with Gasteiger partial charge in [0.15, 0.2) is 0 Å². The van der Waals surface area contributed by atoms with Crippen LogP contribution in [0, 0.1) is 5.82 Å². The number of alkyl halides is 3. The molecule has 0 bridgehead atoms. The molecule has 1 heterocycles. The molecule has 2 N–H and O–H groups in total. The summed E-state index contributed by atoms with van der Waals surface area (Å²) in [6, 6.07) is 1.30. The van der Waals surface area contributed by atoms with Gasteiger partial charge in [-0.25, -0.2) is 13.8 Å². The summed E-state index contributed by atoms with van der Waals surface area (Å²) in [5, 5.41) is 7.00. The van der Waals surface area contributed by atoms with Gasteiger partial charge < -0.3 is 10.1 Å². The first-order valence-electron chi connectivity index (χ1n) is 6.91. The molecule has 7 nitrogen and oxygen atoms in total. The van der Waals surface area contributed by atoms with Gasteiger partial charge in [0, 0.05) is 6.07 Å². The van der Waals surface area contributed by atoms with Crippen molar-refractivity contribution < 1.29 is 31.7 Å². The summed E-state index contributed by atoms with van der Waals surface area (Å²) in [6.07, 6.45) is -5.01. The highest BCUT2D eigenvalue weighted by Crippen LogP contribution is 2.28. The molecule has 0 aliphatic carbocycles. The van der Waals surface area contributed by atoms with Crippen LogP contribution in [-0.2, 0) is 21.8 Å². The SMILES string of the molecule is CC(C(=O)O)S(=O)c1cc(-n2c(=O)cc(C(F)(F)F)[nH]c2=O)c(F)cc1Cl. The van der Waals surface area contributed by atoms with Crippen molar-refractivity contribution in [2.24, 2.45) is 0 Å². The van der Waals surface area contributed by atoms with E-state index in [0.717, 1.165) is 6.92 Å². The van der Waals surface area contributed by atoms with Crippen LogP contribution < -0.4 is 11.2 Å². The number of carbonyl (C=O) groups is 1. The lowest BCUT2D eigenvalue weighted by atomic mass is 10.3. The molecule has 2 aromatic rings. The van der Waals surface area contributed by atoms with Crippen molar-refractivity contribution in [2.45, 2.75) is 23.2 Å². The topological polar surface area (TPSA) is 109 Å². The van der Waals surface area contributed by atoms with E-state index in [2.05, 4.69) is 0 Å². The van der Waals surface area contributed by atoms with Gasteiger partial charge in [-0.15, -0.1) is 0 Å². The van der Waals surface area contributed by atoms with Crippen LogP contribution in [0.2, 0.25) is 5.02 Å². The van der Waals surface area contributed by atoms with Gasteiger partial charge in [0.1, 0.15) is 16.8 Å². The first-order valence-corrected chi connectivity index (χ1v) is 8.50. The Morgan fingerprint density at radius 3 is 2.37 bits per heavy atom. The summed E-state index contributed by atoms with van der Waals surface area (Å²) < 4.78 is 64.4. The van der Waals surface area contributed by atoms with Crippen molar-refractivity contribution in [3.05, 3.63) is 55.6 Å². The normalized spacial score (nSPS) is 14.0. The second kappa shape index (κ2) is 7.27. The number of aromatic nitrogens is 2.